The van der Waals surface area contributed by atoms with Crippen LogP contribution in [0, 0.1) is 11.8 Å². The summed E-state index contributed by atoms with van der Waals surface area (Å²) >= 11 is 7.37. The molecule has 8 nitrogen and oxygen atoms in total. The van der Waals surface area contributed by atoms with E-state index in [0.717, 1.165) is 12.8 Å². The first kappa shape index (κ1) is 21.3. The maximum Gasteiger partial charge on any atom is 0.280 e. The lowest BCUT2D eigenvalue weighted by Gasteiger charge is -2.28. The quantitative estimate of drug-likeness (QED) is 0.580. The van der Waals surface area contributed by atoms with Gasteiger partial charge in [-0.2, -0.15) is 12.8 Å². The molecule has 6 rings (SSSR count). The van der Waals surface area contributed by atoms with E-state index < -0.39 is 10.0 Å². The van der Waals surface area contributed by atoms with Gasteiger partial charge in [-0.25, -0.2) is 4.98 Å². The van der Waals surface area contributed by atoms with Gasteiger partial charge < -0.3 is 9.64 Å². The van der Waals surface area contributed by atoms with Crippen LogP contribution in [0.2, 0.25) is 5.02 Å². The van der Waals surface area contributed by atoms with Crippen LogP contribution >= 0.6 is 23.1 Å². The second-order valence-electron chi connectivity index (χ2n) is 9.14. The van der Waals surface area contributed by atoms with Crippen LogP contribution in [0.25, 0.3) is 10.1 Å². The van der Waals surface area contributed by atoms with E-state index in [1.807, 2.05) is 4.90 Å². The minimum absolute atomic E-state index is 0.135. The van der Waals surface area contributed by atoms with E-state index in [9.17, 15) is 13.2 Å². The molecule has 0 spiro atoms. The number of ether oxygens (including phenoxy) is 1. The van der Waals surface area contributed by atoms with Gasteiger partial charge in [-0.1, -0.05) is 11.6 Å². The number of aromatic nitrogens is 2. The molecule has 1 amide bonds. The topological polar surface area (TPSA) is 101 Å². The number of carbonyl (C=O) groups is 1. The molecule has 33 heavy (non-hydrogen) atoms. The highest BCUT2D eigenvalue weighted by Crippen LogP contribution is 2.54. The molecule has 4 unspecified atom stereocenters. The molecule has 3 aromatic rings. The van der Waals surface area contributed by atoms with Crippen molar-refractivity contribution in [3.63, 3.8) is 0 Å². The maximum absolute atomic E-state index is 13.5. The zero-order valence-corrected chi connectivity index (χ0v) is 20.1. The standard InChI is InChI=1S/C22H21ClN4O4S2/c1-22-6-4-18(31-22)15-10-27(11-16(15)22)21(28)13-3-2-12(23)8-17(13)26-33(29,30)20-14-9-25-32-19(14)5-7-24-20/h2-3,5,7-9,15-16,18,26H,4,6,10-11H2,1H3. The molecular weight excluding hydrogens is 484 g/mol. The highest BCUT2D eigenvalue weighted by atomic mass is 35.5. The first-order valence-electron chi connectivity index (χ1n) is 10.7. The number of hydrogen-bond acceptors (Lipinski definition) is 7. The highest BCUT2D eigenvalue weighted by Gasteiger charge is 2.60. The Kier molecular flexibility index (Phi) is 4.75. The average molecular weight is 505 g/mol. The van der Waals surface area contributed by atoms with Crippen molar-refractivity contribution in [3.8, 4) is 0 Å². The summed E-state index contributed by atoms with van der Waals surface area (Å²) in [4.78, 5) is 19.4. The Balaban J connectivity index is 1.32. The smallest absolute Gasteiger partial charge is 0.280 e. The van der Waals surface area contributed by atoms with Crippen molar-refractivity contribution >= 4 is 54.8 Å². The molecule has 1 aromatic carbocycles. The normalized spacial score (nSPS) is 28.4. The van der Waals surface area contributed by atoms with E-state index in [2.05, 4.69) is 21.0 Å². The molecule has 172 valence electrons. The van der Waals surface area contributed by atoms with E-state index >= 15 is 0 Å². The number of rotatable bonds is 4. The Hall–Kier alpha value is -2.27. The van der Waals surface area contributed by atoms with Gasteiger partial charge in [-0.05, 0) is 55.6 Å². The zero-order valence-electron chi connectivity index (χ0n) is 17.7. The predicted molar refractivity (Wildman–Crippen MR) is 125 cm³/mol. The summed E-state index contributed by atoms with van der Waals surface area (Å²) < 4.78 is 40.0. The van der Waals surface area contributed by atoms with Crippen LogP contribution in [0.5, 0.6) is 0 Å². The monoisotopic (exact) mass is 504 g/mol. The lowest BCUT2D eigenvalue weighted by atomic mass is 9.75. The molecule has 3 aliphatic heterocycles. The minimum atomic E-state index is -4.08. The van der Waals surface area contributed by atoms with Gasteiger partial charge in [-0.3, -0.25) is 9.52 Å². The average Bonchev–Trinajstić information content (AvgIpc) is 3.53. The Morgan fingerprint density at radius 1 is 1.33 bits per heavy atom. The van der Waals surface area contributed by atoms with Crippen molar-refractivity contribution in [1.82, 2.24) is 14.3 Å². The Labute approximate surface area is 200 Å². The van der Waals surface area contributed by atoms with Gasteiger partial charge in [0.1, 0.15) is 0 Å². The summed E-state index contributed by atoms with van der Waals surface area (Å²) in [6.07, 6.45) is 5.15. The predicted octanol–water partition coefficient (Wildman–Crippen LogP) is 3.79. The molecule has 0 saturated carbocycles. The van der Waals surface area contributed by atoms with Crippen LogP contribution < -0.4 is 4.72 Å². The van der Waals surface area contributed by atoms with Crippen LogP contribution in [0.3, 0.4) is 0 Å². The summed E-state index contributed by atoms with van der Waals surface area (Å²) in [5.41, 5.74) is 0.224. The molecule has 11 heteroatoms. The van der Waals surface area contributed by atoms with Gasteiger partial charge >= 0.3 is 0 Å². The van der Waals surface area contributed by atoms with Crippen LogP contribution in [-0.4, -0.2) is 53.4 Å². The van der Waals surface area contributed by atoms with Gasteiger partial charge in [0.2, 0.25) is 0 Å². The minimum Gasteiger partial charge on any atom is -0.371 e. The van der Waals surface area contributed by atoms with Crippen molar-refractivity contribution in [2.75, 3.05) is 17.8 Å². The molecular formula is C22H21ClN4O4S2. The van der Waals surface area contributed by atoms with E-state index in [1.165, 1.54) is 30.0 Å². The summed E-state index contributed by atoms with van der Waals surface area (Å²) in [6, 6.07) is 6.34. The molecule has 2 aromatic heterocycles. The first-order valence-corrected chi connectivity index (χ1v) is 13.4. The molecule has 2 bridgehead atoms. The number of benzene rings is 1. The summed E-state index contributed by atoms with van der Waals surface area (Å²) in [5.74, 6) is 0.415. The van der Waals surface area contributed by atoms with Gasteiger partial charge in [0, 0.05) is 36.1 Å². The number of carbonyl (C=O) groups excluding carboxylic acids is 1. The number of likely N-dealkylation sites (tertiary alicyclic amines) is 1. The number of pyridine rings is 1. The second-order valence-corrected chi connectivity index (χ2v) is 12.0. The summed E-state index contributed by atoms with van der Waals surface area (Å²) in [5, 5.41) is 0.621. The van der Waals surface area contributed by atoms with Gasteiger partial charge in [0.15, 0.2) is 5.03 Å². The molecule has 3 fully saturated rings. The Morgan fingerprint density at radius 2 is 2.18 bits per heavy atom. The molecule has 4 atom stereocenters. The van der Waals surface area contributed by atoms with Crippen molar-refractivity contribution in [3.05, 3.63) is 47.2 Å². The number of amides is 1. The van der Waals surface area contributed by atoms with Crippen molar-refractivity contribution < 1.29 is 17.9 Å². The molecule has 3 aliphatic rings. The summed E-state index contributed by atoms with van der Waals surface area (Å²) in [7, 11) is -4.08. The van der Waals surface area contributed by atoms with Gasteiger partial charge in [0.05, 0.1) is 39.2 Å². The number of halogens is 1. The number of fused-ring (bicyclic) bond motifs is 6. The molecule has 0 aliphatic carbocycles. The van der Waals surface area contributed by atoms with Gasteiger partial charge in [-0.15, -0.1) is 0 Å². The molecule has 0 radical (unpaired) electrons. The number of nitrogens with zero attached hydrogens (tertiary/aromatic N) is 3. The Morgan fingerprint density at radius 3 is 3.00 bits per heavy atom. The van der Waals surface area contributed by atoms with Crippen LogP contribution in [0.4, 0.5) is 5.69 Å². The number of nitrogens with one attached hydrogen (secondary N) is 1. The number of anilines is 1. The highest BCUT2D eigenvalue weighted by molar-refractivity contribution is 7.92. The van der Waals surface area contributed by atoms with E-state index in [-0.39, 0.29) is 33.9 Å². The number of sulfonamides is 1. The molecule has 5 heterocycles. The van der Waals surface area contributed by atoms with E-state index in [0.29, 0.717) is 40.0 Å². The van der Waals surface area contributed by atoms with Gasteiger partial charge in [0.25, 0.3) is 15.9 Å². The largest absolute Gasteiger partial charge is 0.371 e. The van der Waals surface area contributed by atoms with Crippen molar-refractivity contribution in [2.45, 2.75) is 36.5 Å². The van der Waals surface area contributed by atoms with E-state index in [4.69, 9.17) is 16.3 Å². The SMILES string of the molecule is CC12CCC(O1)C1CN(C(=O)c3ccc(Cl)cc3NS(=O)(=O)c3nccc4sncc34)CC12. The Bertz CT molecular complexity index is 1390. The van der Waals surface area contributed by atoms with E-state index in [1.54, 1.807) is 18.2 Å². The molecule has 3 saturated heterocycles. The fraction of sp³-hybridized carbons (Fsp3) is 0.409. The van der Waals surface area contributed by atoms with Crippen molar-refractivity contribution in [2.24, 2.45) is 11.8 Å². The fourth-order valence-electron chi connectivity index (χ4n) is 5.62. The van der Waals surface area contributed by atoms with Crippen LogP contribution in [0.15, 0.2) is 41.7 Å². The third kappa shape index (κ3) is 3.34. The fourth-order valence-corrected chi connectivity index (χ4v) is 7.71. The number of hydrogen-bond donors (Lipinski definition) is 1. The lowest BCUT2D eigenvalue weighted by molar-refractivity contribution is -0.00214. The third-order valence-corrected chi connectivity index (χ3v) is 9.54. The molecule has 1 N–H and O–H groups in total. The van der Waals surface area contributed by atoms with Crippen LogP contribution in [0.1, 0.15) is 30.1 Å². The zero-order chi connectivity index (χ0) is 23.0. The van der Waals surface area contributed by atoms with Crippen LogP contribution in [-0.2, 0) is 14.8 Å². The first-order chi connectivity index (χ1) is 15.7. The lowest BCUT2D eigenvalue weighted by Crippen LogP contribution is -2.36. The van der Waals surface area contributed by atoms with Crippen molar-refractivity contribution in [1.29, 1.82) is 0 Å². The maximum atomic E-state index is 13.5. The third-order valence-electron chi connectivity index (χ3n) is 7.22. The summed E-state index contributed by atoms with van der Waals surface area (Å²) in [6.45, 7) is 3.35. The second kappa shape index (κ2) is 7.36.